The molecule has 1 aliphatic carbocycles. The molecule has 5 rings (SSSR count). The number of rotatable bonds is 4. The summed E-state index contributed by atoms with van der Waals surface area (Å²) in [6.07, 6.45) is 7.28. The van der Waals surface area contributed by atoms with Crippen LogP contribution in [0.3, 0.4) is 0 Å². The van der Waals surface area contributed by atoms with Crippen LogP contribution in [0.4, 0.5) is 5.82 Å². The summed E-state index contributed by atoms with van der Waals surface area (Å²) in [6.45, 7) is 0.677. The number of benzene rings is 1. The van der Waals surface area contributed by atoms with Crippen LogP contribution in [0, 0.1) is 5.92 Å². The van der Waals surface area contributed by atoms with Gasteiger partial charge in [0, 0.05) is 31.3 Å². The van der Waals surface area contributed by atoms with Gasteiger partial charge in [-0.15, -0.1) is 0 Å². The number of sulfonamides is 1. The van der Waals surface area contributed by atoms with E-state index in [0.29, 0.717) is 42.3 Å². The highest BCUT2D eigenvalue weighted by atomic mass is 32.2. The lowest BCUT2D eigenvalue weighted by molar-refractivity contribution is -0.120. The fraction of sp³-hybridized carbons (Fsp3) is 0.381. The summed E-state index contributed by atoms with van der Waals surface area (Å²) in [5.41, 5.74) is 3.06. The molecule has 156 valence electrons. The minimum Gasteiger partial charge on any atom is -0.310 e. The lowest BCUT2D eigenvalue weighted by atomic mass is 9.97. The van der Waals surface area contributed by atoms with Crippen LogP contribution < -0.4 is 5.32 Å². The minimum atomic E-state index is -3.53. The Bertz CT molecular complexity index is 1210. The lowest BCUT2D eigenvalue weighted by Crippen LogP contribution is -2.41. The highest BCUT2D eigenvalue weighted by molar-refractivity contribution is 7.89. The molecule has 8 nitrogen and oxygen atoms in total. The van der Waals surface area contributed by atoms with Crippen LogP contribution in [0.1, 0.15) is 30.4 Å². The van der Waals surface area contributed by atoms with Gasteiger partial charge in [-0.2, -0.15) is 13.9 Å². The van der Waals surface area contributed by atoms with Crippen molar-refractivity contribution in [1.82, 2.24) is 18.9 Å². The van der Waals surface area contributed by atoms with E-state index in [1.54, 1.807) is 35.1 Å². The molecule has 0 spiro atoms. The maximum Gasteiger partial charge on any atom is 0.243 e. The standard InChI is InChI=1S/C21H23N5O3S/c27-21(24-20-6-10-22-19-7-11-23-26(19)20)16-8-12-25(13-9-16)30(28,29)18-5-4-15-2-1-3-17(15)14-18/h4-7,10-11,14,16H,1-3,8-9,12-13H2,(H,24,27). The number of nitrogens with zero attached hydrogens (tertiary/aromatic N) is 4. The molecule has 3 aromatic rings. The predicted molar refractivity (Wildman–Crippen MR) is 112 cm³/mol. The summed E-state index contributed by atoms with van der Waals surface area (Å²) in [5.74, 6) is 0.200. The molecule has 1 amide bonds. The van der Waals surface area contributed by atoms with Crippen molar-refractivity contribution in [2.45, 2.75) is 37.0 Å². The number of amides is 1. The summed E-state index contributed by atoms with van der Waals surface area (Å²) in [6, 6.07) is 8.95. The molecule has 1 saturated heterocycles. The third kappa shape index (κ3) is 3.37. The van der Waals surface area contributed by atoms with E-state index < -0.39 is 10.0 Å². The maximum absolute atomic E-state index is 13.1. The van der Waals surface area contributed by atoms with Crippen molar-refractivity contribution in [3.8, 4) is 0 Å². The first-order valence-electron chi connectivity index (χ1n) is 10.2. The van der Waals surface area contributed by atoms with Gasteiger partial charge < -0.3 is 5.32 Å². The third-order valence-corrected chi connectivity index (χ3v) is 7.97. The molecule has 2 aromatic heterocycles. The average Bonchev–Trinajstić information content (AvgIpc) is 3.43. The maximum atomic E-state index is 13.1. The Morgan fingerprint density at radius 2 is 1.83 bits per heavy atom. The quantitative estimate of drug-likeness (QED) is 0.692. The van der Waals surface area contributed by atoms with Crippen molar-refractivity contribution in [3.05, 3.63) is 53.9 Å². The van der Waals surface area contributed by atoms with Crippen LogP contribution in [0.15, 0.2) is 47.6 Å². The number of aromatic nitrogens is 3. The number of nitrogens with one attached hydrogen (secondary N) is 1. The average molecular weight is 426 g/mol. The van der Waals surface area contributed by atoms with E-state index in [4.69, 9.17) is 0 Å². The molecule has 1 aliphatic heterocycles. The van der Waals surface area contributed by atoms with Crippen molar-refractivity contribution < 1.29 is 13.2 Å². The van der Waals surface area contributed by atoms with Crippen LogP contribution in [0.2, 0.25) is 0 Å². The number of hydrogen-bond acceptors (Lipinski definition) is 5. The van der Waals surface area contributed by atoms with Gasteiger partial charge in [-0.05, 0) is 61.4 Å². The number of hydrogen-bond donors (Lipinski definition) is 1. The first-order valence-corrected chi connectivity index (χ1v) is 11.7. The zero-order chi connectivity index (χ0) is 20.7. The molecule has 0 saturated carbocycles. The first-order chi connectivity index (χ1) is 14.5. The Labute approximate surface area is 175 Å². The van der Waals surface area contributed by atoms with E-state index in [-0.39, 0.29) is 11.8 Å². The number of fused-ring (bicyclic) bond motifs is 2. The van der Waals surface area contributed by atoms with Crippen LogP contribution in [-0.2, 0) is 27.7 Å². The molecule has 0 atom stereocenters. The Balaban J connectivity index is 1.25. The second-order valence-electron chi connectivity index (χ2n) is 7.88. The van der Waals surface area contributed by atoms with E-state index in [0.717, 1.165) is 24.8 Å². The molecule has 0 bridgehead atoms. The van der Waals surface area contributed by atoms with E-state index in [2.05, 4.69) is 15.4 Å². The van der Waals surface area contributed by atoms with Gasteiger partial charge in [0.15, 0.2) is 5.65 Å². The van der Waals surface area contributed by atoms with Gasteiger partial charge in [-0.25, -0.2) is 13.4 Å². The van der Waals surface area contributed by atoms with Gasteiger partial charge in [0.25, 0.3) is 0 Å². The fourth-order valence-electron chi connectivity index (χ4n) is 4.37. The zero-order valence-electron chi connectivity index (χ0n) is 16.5. The number of aryl methyl sites for hydroxylation is 2. The number of piperidine rings is 1. The molecule has 2 aliphatic rings. The van der Waals surface area contributed by atoms with E-state index in [1.165, 1.54) is 9.87 Å². The molecule has 30 heavy (non-hydrogen) atoms. The van der Waals surface area contributed by atoms with Crippen molar-refractivity contribution in [1.29, 1.82) is 0 Å². The lowest BCUT2D eigenvalue weighted by Gasteiger charge is -2.30. The largest absolute Gasteiger partial charge is 0.310 e. The van der Waals surface area contributed by atoms with Gasteiger partial charge in [0.1, 0.15) is 5.82 Å². The van der Waals surface area contributed by atoms with Gasteiger partial charge in [-0.1, -0.05) is 6.07 Å². The molecule has 1 N–H and O–H groups in total. The Morgan fingerprint density at radius 3 is 2.67 bits per heavy atom. The Hall–Kier alpha value is -2.78. The van der Waals surface area contributed by atoms with Gasteiger partial charge >= 0.3 is 0 Å². The van der Waals surface area contributed by atoms with Crippen LogP contribution in [-0.4, -0.2) is 46.3 Å². The van der Waals surface area contributed by atoms with Gasteiger partial charge in [0.2, 0.25) is 15.9 Å². The molecule has 3 heterocycles. The van der Waals surface area contributed by atoms with E-state index >= 15 is 0 Å². The fourth-order valence-corrected chi connectivity index (χ4v) is 5.89. The minimum absolute atomic E-state index is 0.118. The van der Waals surface area contributed by atoms with Crippen LogP contribution in [0.5, 0.6) is 0 Å². The van der Waals surface area contributed by atoms with Crippen molar-refractivity contribution in [3.63, 3.8) is 0 Å². The highest BCUT2D eigenvalue weighted by Gasteiger charge is 2.32. The predicted octanol–water partition coefficient (Wildman–Crippen LogP) is 2.26. The van der Waals surface area contributed by atoms with Crippen molar-refractivity contribution in [2.75, 3.05) is 18.4 Å². The molecular weight excluding hydrogens is 402 g/mol. The Kier molecular flexibility index (Phi) is 4.79. The van der Waals surface area contributed by atoms with E-state index in [9.17, 15) is 13.2 Å². The monoisotopic (exact) mass is 425 g/mol. The van der Waals surface area contributed by atoms with Gasteiger partial charge in [0.05, 0.1) is 11.1 Å². The van der Waals surface area contributed by atoms with Gasteiger partial charge in [-0.3, -0.25) is 4.79 Å². The summed E-state index contributed by atoms with van der Waals surface area (Å²) in [5, 5.41) is 7.08. The number of carbonyl (C=O) groups is 1. The second kappa shape index (κ2) is 7.48. The van der Waals surface area contributed by atoms with Crippen LogP contribution >= 0.6 is 0 Å². The Morgan fingerprint density at radius 1 is 1.03 bits per heavy atom. The van der Waals surface area contributed by atoms with Crippen LogP contribution in [0.25, 0.3) is 5.65 Å². The third-order valence-electron chi connectivity index (χ3n) is 6.07. The molecule has 0 radical (unpaired) electrons. The summed E-state index contributed by atoms with van der Waals surface area (Å²) >= 11 is 0. The molecule has 9 heteroatoms. The molecule has 0 unspecified atom stereocenters. The molecule has 1 aromatic carbocycles. The molecular formula is C21H23N5O3S. The summed E-state index contributed by atoms with van der Waals surface area (Å²) in [4.78, 5) is 17.3. The summed E-state index contributed by atoms with van der Waals surface area (Å²) < 4.78 is 29.2. The highest BCUT2D eigenvalue weighted by Crippen LogP contribution is 2.29. The normalized spacial score (nSPS) is 17.9. The summed E-state index contributed by atoms with van der Waals surface area (Å²) in [7, 11) is -3.53. The smallest absolute Gasteiger partial charge is 0.243 e. The first kappa shape index (κ1) is 19.2. The number of anilines is 1. The second-order valence-corrected chi connectivity index (χ2v) is 9.82. The van der Waals surface area contributed by atoms with Crippen molar-refractivity contribution >= 4 is 27.4 Å². The SMILES string of the molecule is O=C(Nc1ccnc2ccnn12)C1CCN(S(=O)(=O)c2ccc3c(c2)CCC3)CC1. The number of carbonyl (C=O) groups excluding carboxylic acids is 1. The van der Waals surface area contributed by atoms with E-state index in [1.807, 2.05) is 12.1 Å². The zero-order valence-corrected chi connectivity index (χ0v) is 17.3. The molecule has 1 fully saturated rings. The van der Waals surface area contributed by atoms with Crippen molar-refractivity contribution in [2.24, 2.45) is 5.92 Å². The topological polar surface area (TPSA) is 96.7 Å².